The van der Waals surface area contributed by atoms with Crippen molar-refractivity contribution in [1.82, 2.24) is 34.3 Å². The van der Waals surface area contributed by atoms with Crippen molar-refractivity contribution < 1.29 is 22.0 Å². The van der Waals surface area contributed by atoms with Gasteiger partial charge in [-0.1, -0.05) is 11.6 Å². The molecule has 5 aromatic heterocycles. The maximum absolute atomic E-state index is 13.2. The molecule has 0 aliphatic rings. The molecule has 31 heavy (non-hydrogen) atoms. The standard InChI is InChI=1S/C17H9ClF5N7S/c1-5-3-6(13(19)20)25-16-7(5)9-11(31-16)15-26-14(28-30(15)4-24-9)10-8(18)12(17(21,22)23)29(2)27-10/h3-4,13H,1-2H3. The molecule has 0 saturated carbocycles. The molecule has 0 bridgehead atoms. The summed E-state index contributed by atoms with van der Waals surface area (Å²) < 4.78 is 68.4. The minimum absolute atomic E-state index is 0.124. The minimum Gasteiger partial charge on any atom is -0.261 e. The van der Waals surface area contributed by atoms with Crippen molar-refractivity contribution in [1.29, 1.82) is 0 Å². The summed E-state index contributed by atoms with van der Waals surface area (Å²) in [6, 6.07) is 1.30. The molecule has 0 aliphatic carbocycles. The highest BCUT2D eigenvalue weighted by Crippen LogP contribution is 2.40. The lowest BCUT2D eigenvalue weighted by atomic mass is 10.1. The zero-order valence-electron chi connectivity index (χ0n) is 15.5. The van der Waals surface area contributed by atoms with E-state index in [0.717, 1.165) is 18.4 Å². The number of thiophene rings is 1. The highest BCUT2D eigenvalue weighted by Gasteiger charge is 2.39. The van der Waals surface area contributed by atoms with E-state index in [0.29, 0.717) is 30.7 Å². The van der Waals surface area contributed by atoms with Crippen LogP contribution in [0.3, 0.4) is 0 Å². The molecule has 5 rings (SSSR count). The van der Waals surface area contributed by atoms with Gasteiger partial charge < -0.3 is 0 Å². The van der Waals surface area contributed by atoms with Crippen LogP contribution in [-0.4, -0.2) is 34.3 Å². The molecule has 0 saturated heterocycles. The van der Waals surface area contributed by atoms with E-state index < -0.39 is 23.3 Å². The van der Waals surface area contributed by atoms with Crippen molar-refractivity contribution in [3.63, 3.8) is 0 Å². The molecule has 0 unspecified atom stereocenters. The van der Waals surface area contributed by atoms with E-state index in [1.165, 1.54) is 16.9 Å². The summed E-state index contributed by atoms with van der Waals surface area (Å²) in [5.41, 5.74) is -0.367. The summed E-state index contributed by atoms with van der Waals surface area (Å²) in [5, 5.41) is 7.96. The predicted octanol–water partition coefficient (Wildman–Crippen LogP) is 5.21. The molecule has 7 nitrogen and oxygen atoms in total. The minimum atomic E-state index is -4.71. The summed E-state index contributed by atoms with van der Waals surface area (Å²) in [5.74, 6) is -0.124. The molecule has 0 aliphatic heterocycles. The number of hydrogen-bond acceptors (Lipinski definition) is 6. The summed E-state index contributed by atoms with van der Waals surface area (Å²) in [4.78, 5) is 13.0. The number of pyridine rings is 1. The fourth-order valence-corrected chi connectivity index (χ4v) is 4.93. The number of nitrogens with zero attached hydrogens (tertiary/aromatic N) is 7. The Kier molecular flexibility index (Phi) is 4.21. The Balaban J connectivity index is 1.76. The lowest BCUT2D eigenvalue weighted by Crippen LogP contribution is -2.12. The van der Waals surface area contributed by atoms with E-state index in [1.807, 2.05) is 0 Å². The van der Waals surface area contributed by atoms with E-state index >= 15 is 0 Å². The fraction of sp³-hybridized carbons (Fsp3) is 0.235. The van der Waals surface area contributed by atoms with Crippen LogP contribution in [0.2, 0.25) is 5.02 Å². The van der Waals surface area contributed by atoms with Gasteiger partial charge in [-0.3, -0.25) is 4.68 Å². The van der Waals surface area contributed by atoms with E-state index in [4.69, 9.17) is 11.6 Å². The molecule has 0 radical (unpaired) electrons. The molecular weight excluding hydrogens is 465 g/mol. The van der Waals surface area contributed by atoms with Crippen molar-refractivity contribution in [3.05, 3.63) is 34.4 Å². The quantitative estimate of drug-likeness (QED) is 0.329. The van der Waals surface area contributed by atoms with Crippen LogP contribution in [-0.2, 0) is 13.2 Å². The number of aryl methyl sites for hydroxylation is 2. The molecule has 0 amide bonds. The van der Waals surface area contributed by atoms with Gasteiger partial charge in [0, 0.05) is 12.4 Å². The number of fused-ring (bicyclic) bond motifs is 5. The lowest BCUT2D eigenvalue weighted by Gasteiger charge is -2.05. The van der Waals surface area contributed by atoms with Gasteiger partial charge in [0.1, 0.15) is 26.6 Å². The molecule has 0 N–H and O–H groups in total. The Labute approximate surface area is 178 Å². The smallest absolute Gasteiger partial charge is 0.261 e. The lowest BCUT2D eigenvalue weighted by molar-refractivity contribution is -0.143. The zero-order valence-corrected chi connectivity index (χ0v) is 17.1. The first-order chi connectivity index (χ1) is 14.6. The first-order valence-electron chi connectivity index (χ1n) is 8.59. The predicted molar refractivity (Wildman–Crippen MR) is 103 cm³/mol. The van der Waals surface area contributed by atoms with Crippen molar-refractivity contribution in [3.8, 4) is 11.5 Å². The van der Waals surface area contributed by atoms with Gasteiger partial charge in [0.25, 0.3) is 6.43 Å². The van der Waals surface area contributed by atoms with Crippen LogP contribution in [0.25, 0.3) is 37.6 Å². The van der Waals surface area contributed by atoms with Crippen LogP contribution >= 0.6 is 22.9 Å². The Hall–Kier alpha value is -2.93. The highest BCUT2D eigenvalue weighted by molar-refractivity contribution is 7.26. The maximum atomic E-state index is 13.2. The van der Waals surface area contributed by atoms with Crippen LogP contribution in [0.15, 0.2) is 12.4 Å². The molecule has 0 fully saturated rings. The van der Waals surface area contributed by atoms with Gasteiger partial charge in [-0.05, 0) is 18.6 Å². The fourth-order valence-electron chi connectivity index (χ4n) is 3.40. The number of hydrogen-bond donors (Lipinski definition) is 0. The average Bonchev–Trinajstić information content (AvgIpc) is 3.33. The number of rotatable bonds is 2. The Morgan fingerprint density at radius 3 is 2.55 bits per heavy atom. The van der Waals surface area contributed by atoms with Gasteiger partial charge in [-0.2, -0.15) is 18.3 Å². The van der Waals surface area contributed by atoms with Crippen LogP contribution < -0.4 is 0 Å². The van der Waals surface area contributed by atoms with E-state index in [1.54, 1.807) is 6.92 Å². The SMILES string of the molecule is Cc1cc(C(F)F)nc2sc3c(ncn4nc(-c5nn(C)c(C(F)(F)F)c5Cl)nc34)c12. The largest absolute Gasteiger partial charge is 0.434 e. The van der Waals surface area contributed by atoms with Crippen LogP contribution in [0.1, 0.15) is 23.4 Å². The van der Waals surface area contributed by atoms with Gasteiger partial charge in [0.05, 0.1) is 5.52 Å². The summed E-state index contributed by atoms with van der Waals surface area (Å²) in [6.07, 6.45) is -6.10. The maximum Gasteiger partial charge on any atom is 0.434 e. The van der Waals surface area contributed by atoms with Gasteiger partial charge in [-0.25, -0.2) is 28.2 Å². The van der Waals surface area contributed by atoms with Crippen molar-refractivity contribution in [2.24, 2.45) is 7.05 Å². The van der Waals surface area contributed by atoms with Crippen molar-refractivity contribution >= 4 is 49.0 Å². The molecule has 14 heteroatoms. The van der Waals surface area contributed by atoms with E-state index in [2.05, 4.69) is 25.1 Å². The Bertz CT molecular complexity index is 1500. The average molecular weight is 474 g/mol. The molecule has 160 valence electrons. The molecule has 5 aromatic rings. The first kappa shape index (κ1) is 20.0. The van der Waals surface area contributed by atoms with Crippen LogP contribution in [0.5, 0.6) is 0 Å². The summed E-state index contributed by atoms with van der Waals surface area (Å²) >= 11 is 7.03. The number of aromatic nitrogens is 7. The molecular formula is C17H9ClF5N7S. The van der Waals surface area contributed by atoms with E-state index in [-0.39, 0.29) is 22.9 Å². The molecule has 5 heterocycles. The third-order valence-corrected chi connectivity index (χ3v) is 6.10. The third-order valence-electron chi connectivity index (χ3n) is 4.68. The van der Waals surface area contributed by atoms with Crippen molar-refractivity contribution in [2.75, 3.05) is 0 Å². The van der Waals surface area contributed by atoms with Gasteiger partial charge in [-0.15, -0.1) is 16.4 Å². The summed E-state index contributed by atoms with van der Waals surface area (Å²) in [7, 11) is 1.12. The normalized spacial score (nSPS) is 12.8. The van der Waals surface area contributed by atoms with Gasteiger partial charge >= 0.3 is 6.18 Å². The van der Waals surface area contributed by atoms with Gasteiger partial charge in [0.2, 0.25) is 5.82 Å². The molecule has 0 spiro atoms. The monoisotopic (exact) mass is 473 g/mol. The molecule has 0 atom stereocenters. The molecule has 0 aromatic carbocycles. The number of halogens is 6. The Morgan fingerprint density at radius 2 is 1.90 bits per heavy atom. The second kappa shape index (κ2) is 6.53. The second-order valence-corrected chi connectivity index (χ2v) is 8.08. The Morgan fingerprint density at radius 1 is 1.16 bits per heavy atom. The van der Waals surface area contributed by atoms with Crippen LogP contribution in [0.4, 0.5) is 22.0 Å². The topological polar surface area (TPSA) is 73.8 Å². The summed E-state index contributed by atoms with van der Waals surface area (Å²) in [6.45, 7) is 1.68. The second-order valence-electron chi connectivity index (χ2n) is 6.71. The highest BCUT2D eigenvalue weighted by atomic mass is 35.5. The zero-order chi connectivity index (χ0) is 22.2. The third kappa shape index (κ3) is 2.94. The van der Waals surface area contributed by atoms with Crippen LogP contribution in [0, 0.1) is 6.92 Å². The van der Waals surface area contributed by atoms with E-state index in [9.17, 15) is 22.0 Å². The van der Waals surface area contributed by atoms with Crippen molar-refractivity contribution in [2.45, 2.75) is 19.5 Å². The number of alkyl halides is 5. The van der Waals surface area contributed by atoms with Gasteiger partial charge in [0.15, 0.2) is 17.0 Å². The first-order valence-corrected chi connectivity index (χ1v) is 9.79.